The van der Waals surface area contributed by atoms with E-state index in [-0.39, 0.29) is 31.5 Å². The summed E-state index contributed by atoms with van der Waals surface area (Å²) >= 11 is 0. The highest BCUT2D eigenvalue weighted by molar-refractivity contribution is 5.75. The minimum atomic E-state index is -4.84. The Morgan fingerprint density at radius 3 is 1.40 bits per heavy atom. The number of aldehydes is 1. The van der Waals surface area contributed by atoms with Crippen LogP contribution in [-0.2, 0) is 49.1 Å². The zero-order chi connectivity index (χ0) is 40.4. The molecule has 2 aromatic rings. The topological polar surface area (TPSA) is 117 Å². The predicted octanol–water partition coefficient (Wildman–Crippen LogP) is 6.06. The number of ether oxygens (including phenoxy) is 2. The van der Waals surface area contributed by atoms with Crippen molar-refractivity contribution in [3.63, 3.8) is 0 Å². The van der Waals surface area contributed by atoms with Gasteiger partial charge in [0.1, 0.15) is 29.7 Å². The van der Waals surface area contributed by atoms with E-state index in [0.717, 1.165) is 17.0 Å². The average molecular weight is 760 g/mol. The van der Waals surface area contributed by atoms with E-state index >= 15 is 0 Å². The summed E-state index contributed by atoms with van der Waals surface area (Å²) < 4.78 is 118. The third-order valence-electron chi connectivity index (χ3n) is 7.22. The lowest BCUT2D eigenvalue weighted by Crippen LogP contribution is -2.36. The van der Waals surface area contributed by atoms with Crippen LogP contribution in [0.3, 0.4) is 0 Å². The monoisotopic (exact) mass is 759 g/mol. The Balaban J connectivity index is 0.000000522. The number of pyridine rings is 2. The van der Waals surface area contributed by atoms with Crippen LogP contribution in [0, 0.1) is 0 Å². The summed E-state index contributed by atoms with van der Waals surface area (Å²) in [6.45, 7) is 8.10. The molecule has 0 fully saturated rings. The summed E-state index contributed by atoms with van der Waals surface area (Å²) in [5, 5.41) is 0. The number of carbonyl (C=O) groups excluding carboxylic acids is 3. The number of halogens is 8. The van der Waals surface area contributed by atoms with Crippen LogP contribution in [-0.4, -0.2) is 77.5 Å². The number of carbonyl (C=O) groups is 3. The van der Waals surface area contributed by atoms with Crippen molar-refractivity contribution >= 4 is 18.2 Å². The van der Waals surface area contributed by atoms with E-state index in [0.29, 0.717) is 23.2 Å². The molecule has 0 radical (unpaired) electrons. The first-order valence-electron chi connectivity index (χ1n) is 16.1. The number of aromatic nitrogens is 2. The van der Waals surface area contributed by atoms with Crippen molar-refractivity contribution in [2.45, 2.75) is 103 Å². The fourth-order valence-electron chi connectivity index (χ4n) is 4.98. The van der Waals surface area contributed by atoms with E-state index < -0.39 is 94.8 Å². The zero-order valence-corrected chi connectivity index (χ0v) is 30.2. The normalized spacial score (nSPS) is 13.6. The quantitative estimate of drug-likeness (QED) is 0.122. The zero-order valence-electron chi connectivity index (χ0n) is 30.2. The van der Waals surface area contributed by atoms with Gasteiger partial charge in [-0.25, -0.2) is 18.4 Å². The molecule has 0 saturated heterocycles. The van der Waals surface area contributed by atoms with Gasteiger partial charge in [-0.3, -0.25) is 9.59 Å². The fourth-order valence-corrected chi connectivity index (χ4v) is 4.98. The molecule has 2 heterocycles. The smallest absolute Gasteiger partial charge is 0.416 e. The Bertz CT molecular complexity index is 1640. The lowest BCUT2D eigenvalue weighted by Gasteiger charge is -2.25. The van der Waals surface area contributed by atoms with Gasteiger partial charge in [-0.15, -0.1) is 0 Å². The maximum Gasteiger partial charge on any atom is 0.416 e. The lowest BCUT2D eigenvalue weighted by atomic mass is 9.99. The molecule has 0 aliphatic carbocycles. The maximum absolute atomic E-state index is 14.2. The first kappa shape index (κ1) is 45.9. The molecule has 294 valence electrons. The minimum absolute atomic E-state index is 0.00488. The largest absolute Gasteiger partial charge is 0.464 e. The molecular weight excluding hydrogens is 714 g/mol. The second-order valence-corrected chi connectivity index (χ2v) is 13.2. The molecule has 10 nitrogen and oxygen atoms in total. The van der Waals surface area contributed by atoms with Crippen LogP contribution in [0.1, 0.15) is 88.7 Å². The van der Waals surface area contributed by atoms with Crippen LogP contribution in [0.5, 0.6) is 0 Å². The fraction of sp³-hybridized carbons (Fsp3) is 0.618. The molecule has 2 unspecified atom stereocenters. The molecule has 2 aromatic heterocycles. The van der Waals surface area contributed by atoms with Crippen LogP contribution in [0.15, 0.2) is 34.1 Å². The Morgan fingerprint density at radius 2 is 1.10 bits per heavy atom. The first-order valence-corrected chi connectivity index (χ1v) is 16.1. The van der Waals surface area contributed by atoms with Crippen molar-refractivity contribution in [2.24, 2.45) is 0 Å². The molecule has 0 aromatic carbocycles. The van der Waals surface area contributed by atoms with E-state index in [1.807, 2.05) is 0 Å². The van der Waals surface area contributed by atoms with Gasteiger partial charge in [-0.05, 0) is 73.2 Å². The van der Waals surface area contributed by atoms with E-state index in [4.69, 9.17) is 9.47 Å². The van der Waals surface area contributed by atoms with Gasteiger partial charge in [0.15, 0.2) is 0 Å². The average Bonchev–Trinajstić information content (AvgIpc) is 2.97. The highest BCUT2D eigenvalue weighted by Gasteiger charge is 2.38. The van der Waals surface area contributed by atoms with E-state index in [2.05, 4.69) is 0 Å². The minimum Gasteiger partial charge on any atom is -0.464 e. The molecule has 0 spiro atoms. The highest BCUT2D eigenvalue weighted by Crippen LogP contribution is 2.34. The summed E-state index contributed by atoms with van der Waals surface area (Å²) in [5.74, 6) is -1.80. The van der Waals surface area contributed by atoms with Crippen molar-refractivity contribution < 1.29 is 59.0 Å². The first-order chi connectivity index (χ1) is 23.7. The van der Waals surface area contributed by atoms with Crippen molar-refractivity contribution in [3.05, 3.63) is 67.5 Å². The maximum atomic E-state index is 14.2. The lowest BCUT2D eigenvalue weighted by molar-refractivity contribution is -0.149. The highest BCUT2D eigenvalue weighted by atomic mass is 19.4. The number of likely N-dealkylation sites (N-methyl/N-ethyl adjacent to an activating group) is 1. The molecule has 0 aliphatic heterocycles. The Hall–Kier alpha value is -4.09. The second-order valence-electron chi connectivity index (χ2n) is 13.2. The molecule has 0 N–H and O–H groups in total. The number of rotatable bonds is 15. The summed E-state index contributed by atoms with van der Waals surface area (Å²) in [5.41, 5.74) is -8.80. The predicted molar refractivity (Wildman–Crippen MR) is 174 cm³/mol. The Labute approximate surface area is 295 Å². The number of alkyl halides is 8. The molecular formula is C34H45F8N3O7. The van der Waals surface area contributed by atoms with Crippen molar-refractivity contribution in [3.8, 4) is 0 Å². The molecule has 0 aliphatic rings. The SMILES string of the molecule is CCOC(=O)C(CC(C)(C)F)n1cc(CC=O)c(C(F)(F)F)cc1=O.CCOC(=O)C(CC(C)(C)F)n1cc(CCN(C)C)c(C(F)(F)F)cc1=O. The number of hydrogen-bond donors (Lipinski definition) is 0. The van der Waals surface area contributed by atoms with Crippen LogP contribution in [0.25, 0.3) is 0 Å². The van der Waals surface area contributed by atoms with Crippen molar-refractivity contribution in [1.82, 2.24) is 14.0 Å². The van der Waals surface area contributed by atoms with Gasteiger partial charge >= 0.3 is 24.3 Å². The van der Waals surface area contributed by atoms with Gasteiger partial charge in [-0.2, -0.15) is 26.3 Å². The molecule has 0 amide bonds. The molecule has 0 saturated carbocycles. The molecule has 0 bridgehead atoms. The molecule has 2 atom stereocenters. The van der Waals surface area contributed by atoms with Gasteiger partial charge in [-0.1, -0.05) is 0 Å². The van der Waals surface area contributed by atoms with E-state index in [1.54, 1.807) is 25.9 Å². The van der Waals surface area contributed by atoms with Crippen molar-refractivity contribution in [1.29, 1.82) is 0 Å². The van der Waals surface area contributed by atoms with Crippen LogP contribution in [0.4, 0.5) is 35.1 Å². The Kier molecular flexibility index (Phi) is 16.4. The summed E-state index contributed by atoms with van der Waals surface area (Å²) in [6, 6.07) is -2.03. The second kappa shape index (κ2) is 18.6. The summed E-state index contributed by atoms with van der Waals surface area (Å²) in [7, 11) is 3.41. The van der Waals surface area contributed by atoms with Gasteiger partial charge < -0.3 is 28.3 Å². The van der Waals surface area contributed by atoms with Crippen LogP contribution < -0.4 is 11.1 Å². The van der Waals surface area contributed by atoms with Gasteiger partial charge in [0, 0.05) is 50.3 Å². The third-order valence-corrected chi connectivity index (χ3v) is 7.22. The number of esters is 2. The van der Waals surface area contributed by atoms with Crippen LogP contribution >= 0.6 is 0 Å². The molecule has 18 heteroatoms. The van der Waals surface area contributed by atoms with Gasteiger partial charge in [0.05, 0.1) is 24.3 Å². The van der Waals surface area contributed by atoms with Crippen LogP contribution in [0.2, 0.25) is 0 Å². The third kappa shape index (κ3) is 14.5. The number of nitrogens with zero attached hydrogens (tertiary/aromatic N) is 3. The molecule has 52 heavy (non-hydrogen) atoms. The summed E-state index contributed by atoms with van der Waals surface area (Å²) in [6.07, 6.45) is -9.00. The standard InChI is InChI=1S/C18H26F4N2O3.C16H19F4NO4/c1-6-27-16(26)14(10-17(2,3)19)24-11-12(7-8-23(4)5)13(9-15(24)25)18(20,21)22;1-4-25-14(24)12(8-15(2,3)17)21-9-10(5-6-22)11(7-13(21)23)16(18,19)20/h9,11,14H,6-8,10H2,1-5H3;6-7,9,12H,4-5,8H2,1-3H3. The number of hydrogen-bond acceptors (Lipinski definition) is 8. The van der Waals surface area contributed by atoms with Gasteiger partial charge in [0.2, 0.25) is 0 Å². The van der Waals surface area contributed by atoms with E-state index in [1.165, 1.54) is 34.6 Å². The molecule has 2 rings (SSSR count). The summed E-state index contributed by atoms with van der Waals surface area (Å²) in [4.78, 5) is 61.2. The van der Waals surface area contributed by atoms with Crippen molar-refractivity contribution in [2.75, 3.05) is 33.9 Å². The Morgan fingerprint density at radius 1 is 0.731 bits per heavy atom. The van der Waals surface area contributed by atoms with Gasteiger partial charge in [0.25, 0.3) is 11.1 Å². The van der Waals surface area contributed by atoms with E-state index in [9.17, 15) is 59.1 Å².